The third kappa shape index (κ3) is 6.67. The van der Waals surface area contributed by atoms with Crippen LogP contribution in [0.5, 0.6) is 5.75 Å². The second-order valence-corrected chi connectivity index (χ2v) is 9.34. The lowest BCUT2D eigenvalue weighted by Crippen LogP contribution is -2.55. The Balaban J connectivity index is 1.48. The average molecular weight is 497 g/mol. The van der Waals surface area contributed by atoms with Crippen molar-refractivity contribution < 1.29 is 23.8 Å². The molecule has 2 aliphatic heterocycles. The van der Waals surface area contributed by atoms with Gasteiger partial charge in [-0.2, -0.15) is 0 Å². The van der Waals surface area contributed by atoms with Gasteiger partial charge < -0.3 is 35.1 Å². The molecule has 3 rings (SSSR count). The Kier molecular flexibility index (Phi) is 9.67. The van der Waals surface area contributed by atoms with Gasteiger partial charge in [0.15, 0.2) is 0 Å². The van der Waals surface area contributed by atoms with Gasteiger partial charge in [0.1, 0.15) is 5.75 Å². The Morgan fingerprint density at radius 2 is 1.91 bits per heavy atom. The summed E-state index contributed by atoms with van der Waals surface area (Å²) in [5, 5.41) is 3.41. The number of nitrogen functional groups attached to an aromatic ring is 1. The monoisotopic (exact) mass is 496 g/mol. The number of nitrogens with two attached hydrogens (primary N) is 1. The predicted octanol–water partition coefficient (Wildman–Crippen LogP) is 3.01. The molecule has 190 valence electrons. The molecule has 0 bridgehead atoms. The van der Waals surface area contributed by atoms with Crippen molar-refractivity contribution in [3.05, 3.63) is 22.7 Å². The summed E-state index contributed by atoms with van der Waals surface area (Å²) in [6.07, 6.45) is 3.57. The number of hydrogen-bond acceptors (Lipinski definition) is 7. The Bertz CT molecular complexity index is 847. The fourth-order valence-electron chi connectivity index (χ4n) is 4.73. The first kappa shape index (κ1) is 26.4. The molecule has 9 nitrogen and oxygen atoms in total. The van der Waals surface area contributed by atoms with E-state index in [9.17, 15) is 9.59 Å². The van der Waals surface area contributed by atoms with Gasteiger partial charge in [0.05, 0.1) is 42.1 Å². The molecule has 0 radical (unpaired) electrons. The fourth-order valence-corrected chi connectivity index (χ4v) is 4.90. The summed E-state index contributed by atoms with van der Waals surface area (Å²) in [7, 11) is 3.18. The standard InChI is InChI=1S/C24H37ClN4O5/c1-4-34-24(31)29-11-6-16(7-12-29)5-9-28-10-8-20(22(15-28)33-3)27-23(30)17-13-18(25)19(26)14-21(17)32-2/h13-14,16,20,22H,4-12,15,26H2,1-3H3,(H,27,30)/t20-,22+/m0/s1. The van der Waals surface area contributed by atoms with Crippen LogP contribution < -0.4 is 15.8 Å². The number of nitrogens with zero attached hydrogens (tertiary/aromatic N) is 2. The van der Waals surface area contributed by atoms with E-state index in [1.807, 2.05) is 6.92 Å². The van der Waals surface area contributed by atoms with Crippen molar-refractivity contribution in [2.75, 3.05) is 59.3 Å². The second kappa shape index (κ2) is 12.5. The molecule has 0 spiro atoms. The molecule has 2 aliphatic rings. The minimum atomic E-state index is -0.257. The molecule has 3 N–H and O–H groups in total. The van der Waals surface area contributed by atoms with E-state index in [-0.39, 0.29) is 24.1 Å². The van der Waals surface area contributed by atoms with E-state index >= 15 is 0 Å². The Hall–Kier alpha value is -2.23. The number of amides is 2. The minimum absolute atomic E-state index is 0.109. The first-order chi connectivity index (χ1) is 16.4. The second-order valence-electron chi connectivity index (χ2n) is 8.94. The van der Waals surface area contributed by atoms with Crippen LogP contribution in [0.1, 0.15) is 43.0 Å². The van der Waals surface area contributed by atoms with E-state index in [4.69, 9.17) is 31.5 Å². The molecule has 2 fully saturated rings. The summed E-state index contributed by atoms with van der Waals surface area (Å²) in [4.78, 5) is 29.0. The number of ether oxygens (including phenoxy) is 3. The van der Waals surface area contributed by atoms with Gasteiger partial charge in [-0.25, -0.2) is 4.79 Å². The number of carbonyl (C=O) groups excluding carboxylic acids is 2. The molecule has 34 heavy (non-hydrogen) atoms. The van der Waals surface area contributed by atoms with Gasteiger partial charge in [0, 0.05) is 39.4 Å². The Labute approximate surface area is 206 Å². The van der Waals surface area contributed by atoms with Crippen molar-refractivity contribution in [2.24, 2.45) is 5.92 Å². The van der Waals surface area contributed by atoms with E-state index in [0.717, 1.165) is 58.4 Å². The molecule has 2 atom stereocenters. The van der Waals surface area contributed by atoms with Crippen molar-refractivity contribution in [1.29, 1.82) is 0 Å². The van der Waals surface area contributed by atoms with Crippen LogP contribution in [0.3, 0.4) is 0 Å². The van der Waals surface area contributed by atoms with Crippen molar-refractivity contribution in [1.82, 2.24) is 15.1 Å². The molecule has 1 aromatic rings. The number of rotatable bonds is 8. The summed E-state index contributed by atoms with van der Waals surface area (Å²) in [6.45, 7) is 6.38. The number of methoxy groups -OCH3 is 2. The average Bonchev–Trinajstić information content (AvgIpc) is 2.85. The van der Waals surface area contributed by atoms with Gasteiger partial charge in [-0.3, -0.25) is 4.79 Å². The van der Waals surface area contributed by atoms with Gasteiger partial charge in [0.25, 0.3) is 5.91 Å². The summed E-state index contributed by atoms with van der Waals surface area (Å²) in [5.41, 5.74) is 6.55. The highest BCUT2D eigenvalue weighted by Gasteiger charge is 2.32. The summed E-state index contributed by atoms with van der Waals surface area (Å²) >= 11 is 6.12. The van der Waals surface area contributed by atoms with E-state index in [2.05, 4.69) is 10.2 Å². The zero-order valence-corrected chi connectivity index (χ0v) is 21.1. The number of carbonyl (C=O) groups is 2. The summed E-state index contributed by atoms with van der Waals surface area (Å²) in [6, 6.07) is 2.99. The number of piperidine rings is 2. The predicted molar refractivity (Wildman–Crippen MR) is 131 cm³/mol. The van der Waals surface area contributed by atoms with Crippen LogP contribution in [-0.2, 0) is 9.47 Å². The molecular weight excluding hydrogens is 460 g/mol. The molecule has 1 aromatic carbocycles. The zero-order valence-electron chi connectivity index (χ0n) is 20.3. The normalized spacial score (nSPS) is 21.8. The van der Waals surface area contributed by atoms with Crippen molar-refractivity contribution in [3.8, 4) is 5.75 Å². The highest BCUT2D eigenvalue weighted by atomic mass is 35.5. The van der Waals surface area contributed by atoms with Crippen LogP contribution >= 0.6 is 11.6 Å². The van der Waals surface area contributed by atoms with Crippen LogP contribution in [0.15, 0.2) is 12.1 Å². The fraction of sp³-hybridized carbons (Fsp3) is 0.667. The van der Waals surface area contributed by atoms with Gasteiger partial charge in [-0.05, 0) is 51.1 Å². The number of hydrogen-bond donors (Lipinski definition) is 2. The molecule has 0 saturated carbocycles. The van der Waals surface area contributed by atoms with Gasteiger partial charge in [0.2, 0.25) is 0 Å². The topological polar surface area (TPSA) is 106 Å². The first-order valence-corrected chi connectivity index (χ1v) is 12.3. The lowest BCUT2D eigenvalue weighted by molar-refractivity contribution is 0.00406. The SMILES string of the molecule is CCOC(=O)N1CCC(CCN2CC[C@H](NC(=O)c3cc(Cl)c(N)cc3OC)[C@H](OC)C2)CC1. The number of nitrogens with one attached hydrogen (secondary N) is 1. The van der Waals surface area contributed by atoms with Crippen molar-refractivity contribution >= 4 is 29.3 Å². The third-order valence-electron chi connectivity index (χ3n) is 6.82. The maximum absolute atomic E-state index is 13.0. The van der Waals surface area contributed by atoms with Crippen molar-refractivity contribution in [3.63, 3.8) is 0 Å². The largest absolute Gasteiger partial charge is 0.496 e. The molecule has 0 aliphatic carbocycles. The quantitative estimate of drug-likeness (QED) is 0.533. The zero-order chi connectivity index (χ0) is 24.7. The maximum Gasteiger partial charge on any atom is 0.409 e. The Morgan fingerprint density at radius 1 is 1.18 bits per heavy atom. The van der Waals surface area contributed by atoms with Crippen LogP contribution in [-0.4, -0.2) is 87.5 Å². The molecule has 2 heterocycles. The number of likely N-dealkylation sites (tertiary alicyclic amines) is 2. The highest BCUT2D eigenvalue weighted by molar-refractivity contribution is 6.33. The maximum atomic E-state index is 13.0. The molecular formula is C24H37ClN4O5. The van der Waals surface area contributed by atoms with Gasteiger partial charge in [-0.1, -0.05) is 11.6 Å². The lowest BCUT2D eigenvalue weighted by atomic mass is 9.92. The first-order valence-electron chi connectivity index (χ1n) is 12.0. The molecule has 0 unspecified atom stereocenters. The highest BCUT2D eigenvalue weighted by Crippen LogP contribution is 2.29. The minimum Gasteiger partial charge on any atom is -0.496 e. The van der Waals surface area contributed by atoms with Crippen LogP contribution in [0.25, 0.3) is 0 Å². The summed E-state index contributed by atoms with van der Waals surface area (Å²) in [5.74, 6) is 0.735. The van der Waals surface area contributed by atoms with E-state index in [1.54, 1.807) is 18.1 Å². The van der Waals surface area contributed by atoms with Gasteiger partial charge in [-0.15, -0.1) is 0 Å². The van der Waals surface area contributed by atoms with E-state index < -0.39 is 0 Å². The Morgan fingerprint density at radius 3 is 2.56 bits per heavy atom. The third-order valence-corrected chi connectivity index (χ3v) is 7.15. The van der Waals surface area contributed by atoms with Crippen molar-refractivity contribution in [2.45, 2.75) is 44.8 Å². The van der Waals surface area contributed by atoms with Crippen LogP contribution in [0.4, 0.5) is 10.5 Å². The number of benzene rings is 1. The van der Waals surface area contributed by atoms with Crippen LogP contribution in [0, 0.1) is 5.92 Å². The van der Waals surface area contributed by atoms with Crippen LogP contribution in [0.2, 0.25) is 5.02 Å². The number of anilines is 1. The molecule has 2 amide bonds. The molecule has 0 aromatic heterocycles. The molecule has 10 heteroatoms. The summed E-state index contributed by atoms with van der Waals surface area (Å²) < 4.78 is 16.2. The van der Waals surface area contributed by atoms with E-state index in [1.165, 1.54) is 13.2 Å². The van der Waals surface area contributed by atoms with E-state index in [0.29, 0.717) is 34.5 Å². The lowest BCUT2D eigenvalue weighted by Gasteiger charge is -2.39. The smallest absolute Gasteiger partial charge is 0.409 e. The van der Waals surface area contributed by atoms with Gasteiger partial charge >= 0.3 is 6.09 Å². The molecule has 2 saturated heterocycles. The number of halogens is 1.